The second-order valence-electron chi connectivity index (χ2n) is 6.18. The van der Waals surface area contributed by atoms with E-state index in [2.05, 4.69) is 0 Å². The van der Waals surface area contributed by atoms with Crippen LogP contribution < -0.4 is 10.6 Å². The van der Waals surface area contributed by atoms with E-state index < -0.39 is 4.92 Å². The van der Waals surface area contributed by atoms with Crippen LogP contribution in [-0.2, 0) is 4.79 Å². The summed E-state index contributed by atoms with van der Waals surface area (Å²) in [5, 5.41) is 11.1. The molecule has 126 valence electrons. The van der Waals surface area contributed by atoms with Gasteiger partial charge in [-0.2, -0.15) is 0 Å². The molecule has 1 fully saturated rings. The largest absolute Gasteiger partial charge is 0.360 e. The van der Waals surface area contributed by atoms with Gasteiger partial charge in [0.15, 0.2) is 0 Å². The van der Waals surface area contributed by atoms with Crippen LogP contribution in [0, 0.1) is 16.0 Å². The molecule has 7 heteroatoms. The van der Waals surface area contributed by atoms with Gasteiger partial charge in [-0.1, -0.05) is 12.1 Å². The number of para-hydroxylation sites is 2. The van der Waals surface area contributed by atoms with Crippen molar-refractivity contribution >= 4 is 17.3 Å². The van der Waals surface area contributed by atoms with E-state index in [1.54, 1.807) is 30.1 Å². The second-order valence-corrected chi connectivity index (χ2v) is 6.18. The Bertz CT molecular complexity index is 568. The molecule has 7 nitrogen and oxygen atoms in total. The summed E-state index contributed by atoms with van der Waals surface area (Å²) in [4.78, 5) is 26.5. The third-order valence-corrected chi connectivity index (χ3v) is 4.50. The Labute approximate surface area is 136 Å². The van der Waals surface area contributed by atoms with E-state index in [0.717, 1.165) is 12.8 Å². The summed E-state index contributed by atoms with van der Waals surface area (Å²) < 4.78 is 0. The van der Waals surface area contributed by atoms with E-state index in [-0.39, 0.29) is 24.2 Å². The molecule has 1 aliphatic rings. The van der Waals surface area contributed by atoms with Crippen LogP contribution in [0.5, 0.6) is 0 Å². The number of benzene rings is 1. The lowest BCUT2D eigenvalue weighted by molar-refractivity contribution is -0.384. The van der Waals surface area contributed by atoms with Crippen molar-refractivity contribution < 1.29 is 9.72 Å². The fraction of sp³-hybridized carbons (Fsp3) is 0.562. The van der Waals surface area contributed by atoms with Gasteiger partial charge < -0.3 is 15.5 Å². The number of nitrogens with zero attached hydrogens (tertiary/aromatic N) is 3. The number of likely N-dealkylation sites (N-methyl/N-ethyl adjacent to an activating group) is 1. The smallest absolute Gasteiger partial charge is 0.292 e. The van der Waals surface area contributed by atoms with E-state index in [9.17, 15) is 14.9 Å². The summed E-state index contributed by atoms with van der Waals surface area (Å²) >= 11 is 0. The number of carbonyl (C=O) groups excluding carboxylic acids is 1. The fourth-order valence-electron chi connectivity index (χ4n) is 3.00. The van der Waals surface area contributed by atoms with E-state index in [0.29, 0.717) is 24.7 Å². The maximum absolute atomic E-state index is 12.4. The Kier molecular flexibility index (Phi) is 5.54. The topological polar surface area (TPSA) is 92.7 Å². The van der Waals surface area contributed by atoms with Gasteiger partial charge >= 0.3 is 0 Å². The number of amides is 1. The Morgan fingerprint density at radius 3 is 2.61 bits per heavy atom. The van der Waals surface area contributed by atoms with Gasteiger partial charge in [-0.3, -0.25) is 14.9 Å². The highest BCUT2D eigenvalue weighted by Gasteiger charge is 2.26. The number of nitrogens with two attached hydrogens (primary N) is 1. The number of hydrogen-bond donors (Lipinski definition) is 1. The number of likely N-dealkylation sites (tertiary alicyclic amines) is 1. The molecule has 1 atom stereocenters. The van der Waals surface area contributed by atoms with Gasteiger partial charge in [-0.25, -0.2) is 0 Å². The lowest BCUT2D eigenvalue weighted by atomic mass is 9.91. The van der Waals surface area contributed by atoms with E-state index in [4.69, 9.17) is 5.73 Å². The Morgan fingerprint density at radius 1 is 1.43 bits per heavy atom. The summed E-state index contributed by atoms with van der Waals surface area (Å²) in [6.07, 6.45) is 1.83. The molecule has 1 amide bonds. The van der Waals surface area contributed by atoms with Crippen molar-refractivity contribution in [1.29, 1.82) is 0 Å². The van der Waals surface area contributed by atoms with Crippen LogP contribution in [0.4, 0.5) is 11.4 Å². The molecular formula is C16H24N4O3. The maximum atomic E-state index is 12.4. The molecule has 0 spiro atoms. The molecule has 1 aliphatic heterocycles. The van der Waals surface area contributed by atoms with Gasteiger partial charge in [0, 0.05) is 32.2 Å². The first-order valence-electron chi connectivity index (χ1n) is 7.88. The predicted octanol–water partition coefficient (Wildman–Crippen LogP) is 1.62. The molecule has 1 saturated heterocycles. The highest BCUT2D eigenvalue weighted by atomic mass is 16.6. The molecule has 0 radical (unpaired) electrons. The van der Waals surface area contributed by atoms with Crippen molar-refractivity contribution in [3.8, 4) is 0 Å². The average molecular weight is 320 g/mol. The molecule has 0 saturated carbocycles. The van der Waals surface area contributed by atoms with E-state index in [1.807, 2.05) is 11.8 Å². The van der Waals surface area contributed by atoms with Crippen molar-refractivity contribution in [3.05, 3.63) is 34.4 Å². The lowest BCUT2D eigenvalue weighted by Gasteiger charge is -2.34. The van der Waals surface area contributed by atoms with Crippen LogP contribution in [-0.4, -0.2) is 48.5 Å². The average Bonchev–Trinajstić information content (AvgIpc) is 2.54. The van der Waals surface area contributed by atoms with Crippen LogP contribution in [0.3, 0.4) is 0 Å². The summed E-state index contributed by atoms with van der Waals surface area (Å²) in [7, 11) is 1.70. The summed E-state index contributed by atoms with van der Waals surface area (Å²) in [5.41, 5.74) is 6.38. The van der Waals surface area contributed by atoms with Crippen molar-refractivity contribution in [1.82, 2.24) is 4.90 Å². The highest BCUT2D eigenvalue weighted by Crippen LogP contribution is 2.27. The zero-order valence-corrected chi connectivity index (χ0v) is 13.6. The molecule has 1 unspecified atom stereocenters. The fourth-order valence-corrected chi connectivity index (χ4v) is 3.00. The Hall–Kier alpha value is -2.15. The quantitative estimate of drug-likeness (QED) is 0.657. The normalized spacial score (nSPS) is 16.9. The van der Waals surface area contributed by atoms with Crippen molar-refractivity contribution in [3.63, 3.8) is 0 Å². The number of carbonyl (C=O) groups is 1. The zero-order chi connectivity index (χ0) is 17.0. The van der Waals surface area contributed by atoms with Gasteiger partial charge in [0.2, 0.25) is 5.91 Å². The van der Waals surface area contributed by atoms with Crippen LogP contribution in [0.25, 0.3) is 0 Å². The third-order valence-electron chi connectivity index (χ3n) is 4.50. The van der Waals surface area contributed by atoms with Crippen molar-refractivity contribution in [2.75, 3.05) is 31.6 Å². The standard InChI is InChI=1S/C16H24N4O3/c1-12(17)13-7-9-19(10-8-13)16(21)11-18(2)14-5-3-4-6-15(14)20(22)23/h3-6,12-13H,7-11,17H2,1-2H3. The first-order chi connectivity index (χ1) is 10.9. The van der Waals surface area contributed by atoms with Gasteiger partial charge in [-0.15, -0.1) is 0 Å². The molecule has 0 aliphatic carbocycles. The number of piperidine rings is 1. The summed E-state index contributed by atoms with van der Waals surface area (Å²) in [6.45, 7) is 3.55. The first kappa shape index (κ1) is 17.2. The minimum atomic E-state index is -0.426. The molecule has 2 rings (SSSR count). The van der Waals surface area contributed by atoms with Crippen molar-refractivity contribution in [2.24, 2.45) is 11.7 Å². The summed E-state index contributed by atoms with van der Waals surface area (Å²) in [5.74, 6) is 0.459. The van der Waals surface area contributed by atoms with Crippen LogP contribution in [0.1, 0.15) is 19.8 Å². The van der Waals surface area contributed by atoms with Gasteiger partial charge in [-0.05, 0) is 31.7 Å². The third kappa shape index (κ3) is 4.19. The monoisotopic (exact) mass is 320 g/mol. The number of anilines is 1. The number of rotatable bonds is 5. The number of hydrogen-bond acceptors (Lipinski definition) is 5. The van der Waals surface area contributed by atoms with E-state index >= 15 is 0 Å². The minimum Gasteiger partial charge on any atom is -0.360 e. The van der Waals surface area contributed by atoms with Gasteiger partial charge in [0.25, 0.3) is 5.69 Å². The second kappa shape index (κ2) is 7.41. The predicted molar refractivity (Wildman–Crippen MR) is 89.3 cm³/mol. The van der Waals surface area contributed by atoms with Crippen molar-refractivity contribution in [2.45, 2.75) is 25.8 Å². The molecule has 0 bridgehead atoms. The van der Waals surface area contributed by atoms with Crippen LogP contribution >= 0.6 is 0 Å². The molecule has 23 heavy (non-hydrogen) atoms. The highest BCUT2D eigenvalue weighted by molar-refractivity contribution is 5.82. The molecule has 2 N–H and O–H groups in total. The number of nitro groups is 1. The minimum absolute atomic E-state index is 0.00576. The zero-order valence-electron chi connectivity index (χ0n) is 13.6. The molecule has 0 aromatic heterocycles. The van der Waals surface area contributed by atoms with E-state index in [1.165, 1.54) is 6.07 Å². The molecule has 1 aromatic rings. The lowest BCUT2D eigenvalue weighted by Crippen LogP contribution is -2.45. The van der Waals surface area contributed by atoms with Gasteiger partial charge in [0.05, 0.1) is 11.5 Å². The maximum Gasteiger partial charge on any atom is 0.292 e. The molecule has 1 heterocycles. The first-order valence-corrected chi connectivity index (χ1v) is 7.88. The van der Waals surface area contributed by atoms with Gasteiger partial charge in [0.1, 0.15) is 5.69 Å². The molecule has 1 aromatic carbocycles. The Morgan fingerprint density at radius 2 is 2.04 bits per heavy atom. The van der Waals surface area contributed by atoms with Crippen LogP contribution in [0.2, 0.25) is 0 Å². The SMILES string of the molecule is CC(N)C1CCN(C(=O)CN(C)c2ccccc2[N+](=O)[O-])CC1. The number of nitro benzene ring substituents is 1. The Balaban J connectivity index is 1.97. The van der Waals surface area contributed by atoms with Crippen LogP contribution in [0.15, 0.2) is 24.3 Å². The molecular weight excluding hydrogens is 296 g/mol. The summed E-state index contributed by atoms with van der Waals surface area (Å²) in [6, 6.07) is 6.62.